The van der Waals surface area contributed by atoms with Crippen LogP contribution in [0.4, 0.5) is 5.82 Å². The number of esters is 1. The molecule has 0 aliphatic carbocycles. The summed E-state index contributed by atoms with van der Waals surface area (Å²) in [4.78, 5) is 27.6. The van der Waals surface area contributed by atoms with Crippen molar-refractivity contribution < 1.29 is 19.1 Å². The number of halogens is 1. The fourth-order valence-corrected chi connectivity index (χ4v) is 1.98. The van der Waals surface area contributed by atoms with E-state index in [0.717, 1.165) is 12.8 Å². The molecule has 0 radical (unpaired) electrons. The first-order chi connectivity index (χ1) is 12.1. The molecule has 7 heteroatoms. The minimum atomic E-state index is -0.584. The molecule has 1 amide bonds. The Morgan fingerprint density at radius 1 is 1.16 bits per heavy atom. The molecule has 6 nitrogen and oxygen atoms in total. The zero-order valence-electron chi connectivity index (χ0n) is 13.8. The van der Waals surface area contributed by atoms with Crippen LogP contribution in [0.25, 0.3) is 0 Å². The molecule has 1 heterocycles. The van der Waals surface area contributed by atoms with Crippen LogP contribution in [0, 0.1) is 0 Å². The lowest BCUT2D eigenvalue weighted by atomic mass is 10.2. The second-order valence-electron chi connectivity index (χ2n) is 5.21. The van der Waals surface area contributed by atoms with Gasteiger partial charge in [0.15, 0.2) is 6.61 Å². The highest BCUT2D eigenvalue weighted by Crippen LogP contribution is 2.14. The van der Waals surface area contributed by atoms with Gasteiger partial charge in [-0.2, -0.15) is 0 Å². The normalized spacial score (nSPS) is 10.2. The third-order valence-corrected chi connectivity index (χ3v) is 3.41. The molecule has 0 unspecified atom stereocenters. The monoisotopic (exact) mass is 362 g/mol. The second-order valence-corrected chi connectivity index (χ2v) is 5.65. The van der Waals surface area contributed by atoms with Gasteiger partial charge in [-0.3, -0.25) is 4.79 Å². The van der Waals surface area contributed by atoms with E-state index in [2.05, 4.69) is 17.2 Å². The molecule has 0 aliphatic heterocycles. The Labute approximate surface area is 151 Å². The first-order valence-electron chi connectivity index (χ1n) is 7.90. The SMILES string of the molecule is CCCCOc1ccc(C(=O)OCC(=O)Nc2ccc(Cl)cn2)cc1. The zero-order valence-corrected chi connectivity index (χ0v) is 14.6. The maximum Gasteiger partial charge on any atom is 0.338 e. The second kappa shape index (κ2) is 9.64. The van der Waals surface area contributed by atoms with E-state index in [1.54, 1.807) is 36.4 Å². The van der Waals surface area contributed by atoms with Crippen LogP contribution in [-0.2, 0) is 9.53 Å². The van der Waals surface area contributed by atoms with Crippen LogP contribution < -0.4 is 10.1 Å². The molecule has 0 bridgehead atoms. The lowest BCUT2D eigenvalue weighted by molar-refractivity contribution is -0.119. The number of aromatic nitrogens is 1. The van der Waals surface area contributed by atoms with Crippen molar-refractivity contribution in [2.45, 2.75) is 19.8 Å². The van der Waals surface area contributed by atoms with Crippen LogP contribution in [0.15, 0.2) is 42.6 Å². The van der Waals surface area contributed by atoms with Crippen molar-refractivity contribution in [2.75, 3.05) is 18.5 Å². The number of nitrogens with zero attached hydrogens (tertiary/aromatic N) is 1. The topological polar surface area (TPSA) is 77.5 Å². The summed E-state index contributed by atoms with van der Waals surface area (Å²) in [5.41, 5.74) is 0.347. The Balaban J connectivity index is 1.79. The van der Waals surface area contributed by atoms with E-state index in [4.69, 9.17) is 21.1 Å². The molecule has 0 aliphatic rings. The van der Waals surface area contributed by atoms with Crippen molar-refractivity contribution in [3.05, 3.63) is 53.2 Å². The van der Waals surface area contributed by atoms with Crippen LogP contribution in [0.1, 0.15) is 30.1 Å². The van der Waals surface area contributed by atoms with Gasteiger partial charge in [0, 0.05) is 6.20 Å². The van der Waals surface area contributed by atoms with Crippen LogP contribution >= 0.6 is 11.6 Å². The Morgan fingerprint density at radius 3 is 2.56 bits per heavy atom. The van der Waals surface area contributed by atoms with Crippen molar-refractivity contribution in [1.29, 1.82) is 0 Å². The average Bonchev–Trinajstić information content (AvgIpc) is 2.62. The molecule has 2 rings (SSSR count). The highest BCUT2D eigenvalue weighted by Gasteiger charge is 2.11. The number of anilines is 1. The minimum Gasteiger partial charge on any atom is -0.494 e. The summed E-state index contributed by atoms with van der Waals surface area (Å²) in [5, 5.41) is 2.97. The first kappa shape index (κ1) is 18.7. The molecule has 25 heavy (non-hydrogen) atoms. The summed E-state index contributed by atoms with van der Waals surface area (Å²) < 4.78 is 10.5. The predicted octanol–water partition coefficient (Wildman–Crippen LogP) is 3.71. The highest BCUT2D eigenvalue weighted by atomic mass is 35.5. The van der Waals surface area contributed by atoms with E-state index in [1.807, 2.05) is 0 Å². The number of nitrogens with one attached hydrogen (secondary N) is 1. The number of ether oxygens (including phenoxy) is 2. The number of unbranched alkanes of at least 4 members (excludes halogenated alkanes) is 1. The summed E-state index contributed by atoms with van der Waals surface area (Å²) >= 11 is 5.71. The van der Waals surface area contributed by atoms with Crippen molar-refractivity contribution >= 4 is 29.3 Å². The number of hydrogen-bond acceptors (Lipinski definition) is 5. The summed E-state index contributed by atoms with van der Waals surface area (Å²) in [5.74, 6) is -0.0439. The van der Waals surface area contributed by atoms with E-state index in [0.29, 0.717) is 28.8 Å². The number of carbonyl (C=O) groups is 2. The van der Waals surface area contributed by atoms with E-state index < -0.39 is 18.5 Å². The summed E-state index contributed by atoms with van der Waals surface area (Å²) in [6.45, 7) is 2.32. The smallest absolute Gasteiger partial charge is 0.338 e. The zero-order chi connectivity index (χ0) is 18.1. The number of rotatable bonds is 8. The van der Waals surface area contributed by atoms with Crippen molar-refractivity contribution in [2.24, 2.45) is 0 Å². The van der Waals surface area contributed by atoms with Gasteiger partial charge in [0.05, 0.1) is 17.2 Å². The molecule has 0 spiro atoms. The van der Waals surface area contributed by atoms with Crippen molar-refractivity contribution in [1.82, 2.24) is 4.98 Å². The van der Waals surface area contributed by atoms with Gasteiger partial charge in [0.2, 0.25) is 0 Å². The van der Waals surface area contributed by atoms with Gasteiger partial charge < -0.3 is 14.8 Å². The van der Waals surface area contributed by atoms with Gasteiger partial charge in [-0.15, -0.1) is 0 Å². The number of hydrogen-bond donors (Lipinski definition) is 1. The minimum absolute atomic E-state index is 0.332. The quantitative estimate of drug-likeness (QED) is 0.572. The molecule has 1 aromatic heterocycles. The summed E-state index contributed by atoms with van der Waals surface area (Å²) in [7, 11) is 0. The molecule has 132 valence electrons. The lowest BCUT2D eigenvalue weighted by Crippen LogP contribution is -2.21. The molecular formula is C18H19ClN2O4. The van der Waals surface area contributed by atoms with E-state index in [-0.39, 0.29) is 0 Å². The molecule has 0 fully saturated rings. The maximum absolute atomic E-state index is 11.9. The Kier molecular flexibility index (Phi) is 7.22. The van der Waals surface area contributed by atoms with Crippen molar-refractivity contribution in [3.8, 4) is 5.75 Å². The molecule has 1 N–H and O–H groups in total. The van der Waals surface area contributed by atoms with Gasteiger partial charge >= 0.3 is 5.97 Å². The van der Waals surface area contributed by atoms with E-state index in [1.165, 1.54) is 6.20 Å². The number of pyridine rings is 1. The van der Waals surface area contributed by atoms with Gasteiger partial charge in [0.25, 0.3) is 5.91 Å². The Morgan fingerprint density at radius 2 is 1.92 bits per heavy atom. The molecular weight excluding hydrogens is 344 g/mol. The average molecular weight is 363 g/mol. The Bertz CT molecular complexity index is 702. The largest absolute Gasteiger partial charge is 0.494 e. The van der Waals surface area contributed by atoms with Gasteiger partial charge in [-0.1, -0.05) is 24.9 Å². The van der Waals surface area contributed by atoms with E-state index >= 15 is 0 Å². The number of benzene rings is 1. The first-order valence-corrected chi connectivity index (χ1v) is 8.27. The predicted molar refractivity (Wildman–Crippen MR) is 95.0 cm³/mol. The van der Waals surface area contributed by atoms with Crippen LogP contribution in [0.2, 0.25) is 5.02 Å². The third-order valence-electron chi connectivity index (χ3n) is 3.19. The van der Waals surface area contributed by atoms with Gasteiger partial charge in [-0.25, -0.2) is 9.78 Å². The third kappa shape index (κ3) is 6.43. The fourth-order valence-electron chi connectivity index (χ4n) is 1.86. The standard InChI is InChI=1S/C18H19ClN2O4/c1-2-3-10-24-15-7-4-13(5-8-15)18(23)25-12-17(22)21-16-9-6-14(19)11-20-16/h4-9,11H,2-3,10,12H2,1H3,(H,20,21,22). The lowest BCUT2D eigenvalue weighted by Gasteiger charge is -2.08. The highest BCUT2D eigenvalue weighted by molar-refractivity contribution is 6.30. The van der Waals surface area contributed by atoms with E-state index in [9.17, 15) is 9.59 Å². The Hall–Kier alpha value is -2.60. The summed E-state index contributed by atoms with van der Waals surface area (Å²) in [6, 6.07) is 9.75. The number of amides is 1. The van der Waals surface area contributed by atoms with Crippen LogP contribution in [0.3, 0.4) is 0 Å². The van der Waals surface area contributed by atoms with Gasteiger partial charge in [-0.05, 0) is 42.8 Å². The molecule has 0 saturated heterocycles. The molecule has 1 aromatic carbocycles. The fraction of sp³-hybridized carbons (Fsp3) is 0.278. The van der Waals surface area contributed by atoms with Crippen molar-refractivity contribution in [3.63, 3.8) is 0 Å². The van der Waals surface area contributed by atoms with Crippen LogP contribution in [-0.4, -0.2) is 30.1 Å². The molecule has 0 saturated carbocycles. The molecule has 0 atom stereocenters. The maximum atomic E-state index is 11.9. The van der Waals surface area contributed by atoms with Crippen LogP contribution in [0.5, 0.6) is 5.75 Å². The number of carbonyl (C=O) groups excluding carboxylic acids is 2. The van der Waals surface area contributed by atoms with Gasteiger partial charge in [0.1, 0.15) is 11.6 Å². The molecule has 2 aromatic rings. The summed E-state index contributed by atoms with van der Waals surface area (Å²) in [6.07, 6.45) is 3.44.